The van der Waals surface area contributed by atoms with E-state index in [1.165, 1.54) is 0 Å². The van der Waals surface area contributed by atoms with Gasteiger partial charge in [-0.1, -0.05) is 23.2 Å². The first-order valence-electron chi connectivity index (χ1n) is 9.28. The van der Waals surface area contributed by atoms with Crippen LogP contribution in [0.4, 0.5) is 4.79 Å². The Hall–Kier alpha value is -2.25. The lowest BCUT2D eigenvalue weighted by molar-refractivity contribution is -0.121. The molecule has 2 aromatic rings. The molecule has 0 aliphatic heterocycles. The molecule has 0 saturated carbocycles. The zero-order chi connectivity index (χ0) is 21.4. The van der Waals surface area contributed by atoms with Gasteiger partial charge in [-0.05, 0) is 45.4 Å². The summed E-state index contributed by atoms with van der Waals surface area (Å²) in [4.78, 5) is 27.6. The normalized spacial score (nSPS) is 11.2. The van der Waals surface area contributed by atoms with Gasteiger partial charge in [0.2, 0.25) is 5.91 Å². The molecule has 0 unspecified atom stereocenters. The standard InChI is InChI=1S/C20H25Cl2N3O4/c1-20(2,3)29-19(27)24-10-4-9-23-17(26)7-8-18-25-12-16(28-18)14-6-5-13(21)11-15(14)22/h5-6,11-12H,4,7-10H2,1-3H3,(H,23,26)(H,24,27). The Labute approximate surface area is 180 Å². The van der Waals surface area contributed by atoms with Crippen molar-refractivity contribution in [1.29, 1.82) is 0 Å². The summed E-state index contributed by atoms with van der Waals surface area (Å²) in [6.45, 7) is 6.26. The van der Waals surface area contributed by atoms with E-state index in [4.69, 9.17) is 32.4 Å². The van der Waals surface area contributed by atoms with Gasteiger partial charge in [0.1, 0.15) is 5.60 Å². The van der Waals surface area contributed by atoms with Crippen molar-refractivity contribution in [2.45, 2.75) is 45.6 Å². The van der Waals surface area contributed by atoms with Crippen molar-refractivity contribution in [2.75, 3.05) is 13.1 Å². The number of halogens is 2. The van der Waals surface area contributed by atoms with Crippen LogP contribution in [0.25, 0.3) is 11.3 Å². The molecular formula is C20H25Cl2N3O4. The summed E-state index contributed by atoms with van der Waals surface area (Å²) in [5, 5.41) is 6.44. The van der Waals surface area contributed by atoms with E-state index < -0.39 is 11.7 Å². The molecule has 0 atom stereocenters. The molecule has 0 fully saturated rings. The number of hydrogen-bond acceptors (Lipinski definition) is 5. The molecule has 7 nitrogen and oxygen atoms in total. The molecule has 0 aliphatic carbocycles. The third-order valence-electron chi connectivity index (χ3n) is 3.66. The fraction of sp³-hybridized carbons (Fsp3) is 0.450. The summed E-state index contributed by atoms with van der Waals surface area (Å²) in [7, 11) is 0. The van der Waals surface area contributed by atoms with Gasteiger partial charge in [0, 0.05) is 36.5 Å². The maximum absolute atomic E-state index is 11.9. The predicted molar refractivity (Wildman–Crippen MR) is 112 cm³/mol. The topological polar surface area (TPSA) is 93.5 Å². The Balaban J connectivity index is 1.67. The SMILES string of the molecule is CC(C)(C)OC(=O)NCCCNC(=O)CCc1ncc(-c2ccc(Cl)cc2Cl)o1. The smallest absolute Gasteiger partial charge is 0.407 e. The molecule has 2 rings (SSSR count). The number of aromatic nitrogens is 1. The number of oxazole rings is 1. The Morgan fingerprint density at radius 1 is 1.17 bits per heavy atom. The second kappa shape index (κ2) is 10.5. The number of ether oxygens (including phenoxy) is 1. The van der Waals surface area contributed by atoms with E-state index >= 15 is 0 Å². The number of rotatable bonds is 8. The third kappa shape index (κ3) is 8.33. The van der Waals surface area contributed by atoms with Crippen LogP contribution in [0.2, 0.25) is 10.0 Å². The molecule has 0 spiro atoms. The molecule has 0 bridgehead atoms. The van der Waals surface area contributed by atoms with Gasteiger partial charge in [-0.15, -0.1) is 0 Å². The molecular weight excluding hydrogens is 417 g/mol. The van der Waals surface area contributed by atoms with Crippen LogP contribution in [0.15, 0.2) is 28.8 Å². The number of nitrogens with zero attached hydrogens (tertiary/aromatic N) is 1. The van der Waals surface area contributed by atoms with Crippen LogP contribution in [-0.4, -0.2) is 35.7 Å². The van der Waals surface area contributed by atoms with E-state index in [0.29, 0.717) is 53.2 Å². The first-order valence-corrected chi connectivity index (χ1v) is 10.0. The first-order chi connectivity index (χ1) is 13.6. The zero-order valence-corrected chi connectivity index (χ0v) is 18.2. The predicted octanol–water partition coefficient (Wildman–Crippen LogP) is 4.61. The number of aryl methyl sites for hydroxylation is 1. The van der Waals surface area contributed by atoms with Crippen molar-refractivity contribution >= 4 is 35.2 Å². The minimum absolute atomic E-state index is 0.119. The molecule has 1 aromatic carbocycles. The quantitative estimate of drug-likeness (QED) is 0.583. The highest BCUT2D eigenvalue weighted by molar-refractivity contribution is 6.36. The molecule has 9 heteroatoms. The summed E-state index contributed by atoms with van der Waals surface area (Å²) in [6.07, 6.45) is 2.32. The summed E-state index contributed by atoms with van der Waals surface area (Å²) in [5.41, 5.74) is 0.161. The number of benzene rings is 1. The highest BCUT2D eigenvalue weighted by Gasteiger charge is 2.15. The highest BCUT2D eigenvalue weighted by Crippen LogP contribution is 2.30. The van der Waals surface area contributed by atoms with E-state index in [9.17, 15) is 9.59 Å². The van der Waals surface area contributed by atoms with Gasteiger partial charge in [-0.25, -0.2) is 9.78 Å². The van der Waals surface area contributed by atoms with Crippen LogP contribution in [-0.2, 0) is 16.0 Å². The van der Waals surface area contributed by atoms with Crippen molar-refractivity contribution in [3.05, 3.63) is 40.3 Å². The van der Waals surface area contributed by atoms with E-state index in [2.05, 4.69) is 15.6 Å². The largest absolute Gasteiger partial charge is 0.444 e. The Kier molecular flexibility index (Phi) is 8.34. The van der Waals surface area contributed by atoms with Crippen LogP contribution in [0, 0.1) is 0 Å². The fourth-order valence-electron chi connectivity index (χ4n) is 2.37. The Morgan fingerprint density at radius 3 is 2.59 bits per heavy atom. The van der Waals surface area contributed by atoms with Crippen molar-refractivity contribution in [3.8, 4) is 11.3 Å². The minimum atomic E-state index is -0.531. The molecule has 29 heavy (non-hydrogen) atoms. The lowest BCUT2D eigenvalue weighted by Gasteiger charge is -2.19. The summed E-state index contributed by atoms with van der Waals surface area (Å²) in [6, 6.07) is 5.11. The van der Waals surface area contributed by atoms with Gasteiger partial charge in [0.15, 0.2) is 11.7 Å². The second-order valence-electron chi connectivity index (χ2n) is 7.37. The number of carbonyl (C=O) groups is 2. The van der Waals surface area contributed by atoms with E-state index in [0.717, 1.165) is 0 Å². The number of alkyl carbamates (subject to hydrolysis) is 1. The number of hydrogen-bond donors (Lipinski definition) is 2. The molecule has 0 saturated heterocycles. The average molecular weight is 442 g/mol. The minimum Gasteiger partial charge on any atom is -0.444 e. The van der Waals surface area contributed by atoms with Crippen molar-refractivity contribution in [2.24, 2.45) is 0 Å². The molecule has 1 aromatic heterocycles. The molecule has 0 radical (unpaired) electrons. The summed E-state index contributed by atoms with van der Waals surface area (Å²) < 4.78 is 10.8. The van der Waals surface area contributed by atoms with Gasteiger partial charge in [0.25, 0.3) is 0 Å². The van der Waals surface area contributed by atoms with Crippen LogP contribution >= 0.6 is 23.2 Å². The summed E-state index contributed by atoms with van der Waals surface area (Å²) >= 11 is 12.1. The lowest BCUT2D eigenvalue weighted by Crippen LogP contribution is -2.34. The number of carbonyl (C=O) groups excluding carboxylic acids is 2. The van der Waals surface area contributed by atoms with Crippen molar-refractivity contribution < 1.29 is 18.7 Å². The van der Waals surface area contributed by atoms with E-state index in [1.807, 2.05) is 0 Å². The maximum Gasteiger partial charge on any atom is 0.407 e. The van der Waals surface area contributed by atoms with Crippen LogP contribution in [0.3, 0.4) is 0 Å². The Morgan fingerprint density at radius 2 is 1.90 bits per heavy atom. The van der Waals surface area contributed by atoms with Crippen molar-refractivity contribution in [3.63, 3.8) is 0 Å². The number of nitrogens with one attached hydrogen (secondary N) is 2. The van der Waals surface area contributed by atoms with Gasteiger partial charge < -0.3 is 19.8 Å². The van der Waals surface area contributed by atoms with Crippen LogP contribution < -0.4 is 10.6 Å². The molecule has 0 aliphatic rings. The molecule has 2 amide bonds. The molecule has 1 heterocycles. The summed E-state index contributed by atoms with van der Waals surface area (Å²) in [5.74, 6) is 0.856. The lowest BCUT2D eigenvalue weighted by atomic mass is 10.2. The third-order valence-corrected chi connectivity index (χ3v) is 4.21. The van der Waals surface area contributed by atoms with Gasteiger partial charge in [0.05, 0.1) is 11.2 Å². The zero-order valence-electron chi connectivity index (χ0n) is 16.7. The van der Waals surface area contributed by atoms with E-state index in [1.54, 1.807) is 45.2 Å². The van der Waals surface area contributed by atoms with Gasteiger partial charge in [-0.3, -0.25) is 4.79 Å². The van der Waals surface area contributed by atoms with Crippen molar-refractivity contribution in [1.82, 2.24) is 15.6 Å². The average Bonchev–Trinajstić information content (AvgIpc) is 3.06. The Bertz CT molecular complexity index is 846. The molecule has 2 N–H and O–H groups in total. The second-order valence-corrected chi connectivity index (χ2v) is 8.22. The first kappa shape index (κ1) is 23.0. The van der Waals surface area contributed by atoms with E-state index in [-0.39, 0.29) is 12.3 Å². The monoisotopic (exact) mass is 441 g/mol. The van der Waals surface area contributed by atoms with Crippen LogP contribution in [0.1, 0.15) is 39.5 Å². The molecule has 158 valence electrons. The number of amides is 2. The van der Waals surface area contributed by atoms with Crippen LogP contribution in [0.5, 0.6) is 0 Å². The maximum atomic E-state index is 11.9. The highest BCUT2D eigenvalue weighted by atomic mass is 35.5. The van der Waals surface area contributed by atoms with Gasteiger partial charge >= 0.3 is 6.09 Å². The fourth-order valence-corrected chi connectivity index (χ4v) is 2.87. The van der Waals surface area contributed by atoms with Gasteiger partial charge in [-0.2, -0.15) is 0 Å².